The molecule has 0 aromatic heterocycles. The van der Waals surface area contributed by atoms with Crippen molar-refractivity contribution in [3.8, 4) is 0 Å². The number of unbranched alkanes of at least 4 members (excludes halogenated alkanes) is 1. The fourth-order valence-corrected chi connectivity index (χ4v) is 5.78. The zero-order valence-corrected chi connectivity index (χ0v) is 35.9. The number of aliphatic carboxylic acids is 3. The molecule has 0 bridgehead atoms. The molecule has 24 nitrogen and oxygen atoms in total. The molecule has 25 heteroatoms. The van der Waals surface area contributed by atoms with Crippen LogP contribution in [0.3, 0.4) is 0 Å². The Morgan fingerprint density at radius 2 is 0.684 bits per heavy atom. The summed E-state index contributed by atoms with van der Waals surface area (Å²) < 4.78 is 1.46. The molecule has 0 aliphatic heterocycles. The second-order valence-corrected chi connectivity index (χ2v) is 14.6. The molecule has 341 valence electrons. The van der Waals surface area contributed by atoms with Crippen LogP contribution in [-0.2, 0) is 14.4 Å². The van der Waals surface area contributed by atoms with E-state index in [-0.39, 0.29) is 0 Å². The summed E-state index contributed by atoms with van der Waals surface area (Å²) in [6.07, 6.45) is -2.77. The van der Waals surface area contributed by atoms with Gasteiger partial charge < -0.3 is 107 Å². The molecule has 0 aliphatic rings. The van der Waals surface area contributed by atoms with Crippen LogP contribution in [0.5, 0.6) is 0 Å². The molecular formula is C32H65O24Sn. The van der Waals surface area contributed by atoms with E-state index in [1.54, 1.807) is 22.5 Å². The fourth-order valence-electron chi connectivity index (χ4n) is 4.37. The summed E-state index contributed by atoms with van der Waals surface area (Å²) >= 11 is 1.71. The topological polar surface area (TPSA) is 476 Å². The maximum atomic E-state index is 10.7. The normalized spacial score (nSPS) is 18.2. The van der Waals surface area contributed by atoms with Gasteiger partial charge in [0.15, 0.2) is 0 Å². The minimum absolute atomic E-state index is 0.717. The Labute approximate surface area is 341 Å². The van der Waals surface area contributed by atoms with Gasteiger partial charge in [0.2, 0.25) is 34.2 Å². The van der Waals surface area contributed by atoms with Crippen molar-refractivity contribution in [1.29, 1.82) is 0 Å². The number of rotatable bonds is 20. The molecule has 57 heavy (non-hydrogen) atoms. The van der Waals surface area contributed by atoms with E-state index < -0.39 is 107 Å². The van der Waals surface area contributed by atoms with Gasteiger partial charge in [0.25, 0.3) is 17.4 Å². The quantitative estimate of drug-likeness (QED) is 0.0399. The van der Waals surface area contributed by atoms with Crippen LogP contribution in [0.25, 0.3) is 0 Å². The van der Waals surface area contributed by atoms with Gasteiger partial charge in [-0.05, 0) is 40.0 Å². The zero-order chi connectivity index (χ0) is 47.2. The molecule has 7 atom stereocenters. The summed E-state index contributed by atoms with van der Waals surface area (Å²) in [5.74, 6) is -27.5. The summed E-state index contributed by atoms with van der Waals surface area (Å²) in [5.41, 5.74) is -9.69. The minimum atomic E-state index is -3.84. The number of aliphatic hydroxyl groups is 18. The van der Waals surface area contributed by atoms with Gasteiger partial charge in [0.05, 0.1) is 0 Å². The van der Waals surface area contributed by atoms with Crippen LogP contribution >= 0.6 is 0 Å². The van der Waals surface area contributed by atoms with Crippen molar-refractivity contribution in [2.24, 2.45) is 5.92 Å². The van der Waals surface area contributed by atoms with Crippen molar-refractivity contribution in [2.75, 3.05) is 0 Å². The van der Waals surface area contributed by atoms with Gasteiger partial charge in [-0.2, -0.15) is 0 Å². The standard InChI is InChI=1S/3C8H16O8.C8H17.Sn/c3*1-3-6(12,5(10)11)8(15,16)7(13,14)4(2)9;1-4-6-7-8(3)5-2;/h3*4,9,12-16H,3H2,1-2H3,(H,10,11);8H,3-7H2,1-2H3;. The third-order valence-electron chi connectivity index (χ3n) is 9.45. The summed E-state index contributed by atoms with van der Waals surface area (Å²) in [4.78, 5) is 32.1. The van der Waals surface area contributed by atoms with Crippen LogP contribution < -0.4 is 0 Å². The SMILES string of the molecule is CCC(O)(C(=O)O)C(O)(O)C(O)(O)C(C)O.CCC(O)(C(=O)O)C(O)(O)C(O)(O)C(C)O.CCC(O)(C(=O)O)C(O)(O)C(O)(O)C(C)O.CCCCC(CC)[CH2][Sn]. The van der Waals surface area contributed by atoms with Crippen LogP contribution in [0.1, 0.15) is 100 Å². The van der Waals surface area contributed by atoms with Crippen LogP contribution in [0, 0.1) is 5.92 Å². The van der Waals surface area contributed by atoms with Crippen molar-refractivity contribution in [2.45, 2.75) is 175 Å². The molecule has 0 amide bonds. The summed E-state index contributed by atoms with van der Waals surface area (Å²) in [6.45, 7) is 10.2. The average Bonchev–Trinajstić information content (AvgIpc) is 3.10. The van der Waals surface area contributed by atoms with Gasteiger partial charge in [0, 0.05) is 0 Å². The predicted octanol–water partition coefficient (Wildman–Crippen LogP) is -6.35. The Morgan fingerprint density at radius 1 is 0.474 bits per heavy atom. The van der Waals surface area contributed by atoms with Gasteiger partial charge in [-0.1, -0.05) is 20.8 Å². The zero-order valence-electron chi connectivity index (χ0n) is 33.1. The van der Waals surface area contributed by atoms with Crippen molar-refractivity contribution >= 4 is 40.4 Å². The monoisotopic (exact) mass is 953 g/mol. The van der Waals surface area contributed by atoms with Gasteiger partial charge in [-0.3, -0.25) is 0 Å². The van der Waals surface area contributed by atoms with Crippen molar-refractivity contribution < 1.29 is 122 Å². The molecule has 0 fully saturated rings. The molecule has 0 saturated carbocycles. The average molecular weight is 953 g/mol. The Morgan fingerprint density at radius 3 is 0.789 bits per heavy atom. The first-order chi connectivity index (χ1) is 25.2. The summed E-state index contributed by atoms with van der Waals surface area (Å²) in [5, 5.41) is 193. The van der Waals surface area contributed by atoms with E-state index in [0.717, 1.165) is 47.5 Å². The maximum absolute atomic E-state index is 10.7. The van der Waals surface area contributed by atoms with E-state index in [9.17, 15) is 91.0 Å². The van der Waals surface area contributed by atoms with Crippen LogP contribution in [0.2, 0.25) is 4.44 Å². The summed E-state index contributed by atoms with van der Waals surface area (Å²) in [7, 11) is 0. The Bertz CT molecular complexity index is 1080. The van der Waals surface area contributed by atoms with Crippen LogP contribution in [0.4, 0.5) is 0 Å². The van der Waals surface area contributed by atoms with E-state index in [0.29, 0.717) is 0 Å². The van der Waals surface area contributed by atoms with E-state index in [1.165, 1.54) is 30.1 Å². The second-order valence-electron chi connectivity index (χ2n) is 13.4. The molecule has 0 aromatic rings. The van der Waals surface area contributed by atoms with Crippen molar-refractivity contribution in [1.82, 2.24) is 0 Å². The second kappa shape index (κ2) is 23.5. The molecule has 0 saturated heterocycles. The predicted molar refractivity (Wildman–Crippen MR) is 191 cm³/mol. The first-order valence-electron chi connectivity index (χ1n) is 17.4. The summed E-state index contributed by atoms with van der Waals surface area (Å²) in [6, 6.07) is 0. The molecule has 0 spiro atoms. The molecule has 21 N–H and O–H groups in total. The molecule has 7 unspecified atom stereocenters. The first kappa shape index (κ1) is 62.1. The Kier molecular flexibility index (Phi) is 25.6. The van der Waals surface area contributed by atoms with Crippen molar-refractivity contribution in [3.63, 3.8) is 0 Å². The number of hydrogen-bond acceptors (Lipinski definition) is 21. The number of carboxylic acids is 3. The molecule has 0 rings (SSSR count). The first-order valence-corrected chi connectivity index (χ1v) is 19.5. The third-order valence-corrected chi connectivity index (χ3v) is 11.1. The number of hydrogen-bond donors (Lipinski definition) is 21. The van der Waals surface area contributed by atoms with Gasteiger partial charge in [0.1, 0.15) is 18.3 Å². The van der Waals surface area contributed by atoms with Gasteiger partial charge in [-0.15, -0.1) is 0 Å². The third kappa shape index (κ3) is 13.5. The van der Waals surface area contributed by atoms with Gasteiger partial charge in [-0.25, -0.2) is 14.4 Å². The molecule has 0 heterocycles. The Balaban J connectivity index is -0.000000335. The molecule has 0 aromatic carbocycles. The van der Waals surface area contributed by atoms with E-state index >= 15 is 0 Å². The Hall–Kier alpha value is -1.51. The molecular weight excluding hydrogens is 887 g/mol. The van der Waals surface area contributed by atoms with Crippen LogP contribution in [-0.4, -0.2) is 218 Å². The van der Waals surface area contributed by atoms with E-state index in [4.69, 9.17) is 30.6 Å². The van der Waals surface area contributed by atoms with Gasteiger partial charge >= 0.3 is 90.3 Å². The van der Waals surface area contributed by atoms with E-state index in [2.05, 4.69) is 13.8 Å². The molecule has 3 radical (unpaired) electrons. The number of carboxylic acid groups (broad SMARTS) is 3. The van der Waals surface area contributed by atoms with Crippen molar-refractivity contribution in [3.05, 3.63) is 0 Å². The molecule has 0 aliphatic carbocycles. The van der Waals surface area contributed by atoms with E-state index in [1.807, 2.05) is 0 Å². The number of aliphatic hydroxyl groups excluding tert-OH is 3. The number of carbonyl (C=O) groups is 3. The van der Waals surface area contributed by atoms with Crippen LogP contribution in [0.15, 0.2) is 0 Å². The fraction of sp³-hybridized carbons (Fsp3) is 0.906.